The van der Waals surface area contributed by atoms with Gasteiger partial charge in [-0.2, -0.15) is 5.26 Å². The quantitative estimate of drug-likeness (QED) is 0.883. The van der Waals surface area contributed by atoms with Gasteiger partial charge in [0, 0.05) is 32.7 Å². The molecule has 2 aromatic rings. The van der Waals surface area contributed by atoms with Crippen LogP contribution in [0.1, 0.15) is 16.7 Å². The lowest BCUT2D eigenvalue weighted by atomic mass is 10.1. The van der Waals surface area contributed by atoms with Gasteiger partial charge in [0.2, 0.25) is 5.91 Å². The number of carbonyl (C=O) groups excluding carboxylic acids is 1. The highest BCUT2D eigenvalue weighted by molar-refractivity contribution is 5.78. The smallest absolute Gasteiger partial charge is 0.234 e. The van der Waals surface area contributed by atoms with Gasteiger partial charge >= 0.3 is 0 Å². The zero-order valence-electron chi connectivity index (χ0n) is 15.4. The highest BCUT2D eigenvalue weighted by Gasteiger charge is 2.21. The number of piperazine rings is 1. The van der Waals surface area contributed by atoms with Crippen LogP contribution in [0.3, 0.4) is 0 Å². The highest BCUT2D eigenvalue weighted by Crippen LogP contribution is 2.21. The van der Waals surface area contributed by atoms with Crippen LogP contribution < -0.4 is 10.2 Å². The van der Waals surface area contributed by atoms with Gasteiger partial charge in [-0.25, -0.2) is 4.39 Å². The van der Waals surface area contributed by atoms with Crippen LogP contribution in [-0.2, 0) is 11.3 Å². The van der Waals surface area contributed by atoms with Crippen LogP contribution in [0.5, 0.6) is 0 Å². The van der Waals surface area contributed by atoms with E-state index in [1.54, 1.807) is 12.1 Å². The lowest BCUT2D eigenvalue weighted by Crippen LogP contribution is -2.49. The molecule has 6 heteroatoms. The normalized spacial score (nSPS) is 14.6. The van der Waals surface area contributed by atoms with Crippen molar-refractivity contribution in [2.75, 3.05) is 37.6 Å². The summed E-state index contributed by atoms with van der Waals surface area (Å²) in [6.45, 7) is 5.58. The zero-order valence-corrected chi connectivity index (χ0v) is 15.4. The Balaban J connectivity index is 1.47. The Labute approximate surface area is 159 Å². The molecule has 140 valence electrons. The van der Waals surface area contributed by atoms with Crippen LogP contribution in [0.15, 0.2) is 42.5 Å². The molecule has 0 aromatic heterocycles. The average molecular weight is 366 g/mol. The minimum atomic E-state index is -0.376. The second-order valence-corrected chi connectivity index (χ2v) is 6.74. The number of amides is 1. The molecule has 0 atom stereocenters. The van der Waals surface area contributed by atoms with E-state index in [1.165, 1.54) is 6.07 Å². The SMILES string of the molecule is Cc1ccccc1CNC(=O)CN1CCN(c2ccc(C#N)cc2F)CC1. The van der Waals surface area contributed by atoms with E-state index in [2.05, 4.69) is 10.2 Å². The fraction of sp³-hybridized carbons (Fsp3) is 0.333. The van der Waals surface area contributed by atoms with E-state index in [4.69, 9.17) is 5.26 Å². The zero-order chi connectivity index (χ0) is 19.2. The number of nitriles is 1. The first kappa shape index (κ1) is 18.9. The Morgan fingerprint density at radius 1 is 1.19 bits per heavy atom. The Morgan fingerprint density at radius 3 is 2.59 bits per heavy atom. The van der Waals surface area contributed by atoms with Crippen molar-refractivity contribution < 1.29 is 9.18 Å². The fourth-order valence-corrected chi connectivity index (χ4v) is 3.24. The molecule has 0 spiro atoms. The lowest BCUT2D eigenvalue weighted by molar-refractivity contribution is -0.122. The van der Waals surface area contributed by atoms with Crippen LogP contribution in [0.25, 0.3) is 0 Å². The van der Waals surface area contributed by atoms with Crippen molar-refractivity contribution in [3.63, 3.8) is 0 Å². The number of nitrogens with one attached hydrogen (secondary N) is 1. The molecule has 1 amide bonds. The second-order valence-electron chi connectivity index (χ2n) is 6.74. The number of hydrogen-bond acceptors (Lipinski definition) is 4. The van der Waals surface area contributed by atoms with Crippen molar-refractivity contribution in [2.45, 2.75) is 13.5 Å². The molecule has 27 heavy (non-hydrogen) atoms. The van der Waals surface area contributed by atoms with Crippen LogP contribution in [0.4, 0.5) is 10.1 Å². The lowest BCUT2D eigenvalue weighted by Gasteiger charge is -2.35. The maximum atomic E-state index is 14.2. The molecule has 1 saturated heterocycles. The number of rotatable bonds is 5. The minimum Gasteiger partial charge on any atom is -0.367 e. The molecule has 0 radical (unpaired) electrons. The molecule has 5 nitrogen and oxygen atoms in total. The molecular formula is C21H23FN4O. The first-order valence-electron chi connectivity index (χ1n) is 9.05. The monoisotopic (exact) mass is 366 g/mol. The number of halogens is 1. The number of anilines is 1. The van der Waals surface area contributed by atoms with E-state index in [9.17, 15) is 9.18 Å². The maximum Gasteiger partial charge on any atom is 0.234 e. The summed E-state index contributed by atoms with van der Waals surface area (Å²) in [6.07, 6.45) is 0. The minimum absolute atomic E-state index is 0.00347. The topological polar surface area (TPSA) is 59.4 Å². The van der Waals surface area contributed by atoms with Gasteiger partial charge in [-0.05, 0) is 36.2 Å². The molecule has 2 aromatic carbocycles. The van der Waals surface area contributed by atoms with E-state index >= 15 is 0 Å². The maximum absolute atomic E-state index is 14.2. The summed E-state index contributed by atoms with van der Waals surface area (Å²) in [5.74, 6) is -0.380. The molecule has 0 unspecified atom stereocenters. The van der Waals surface area contributed by atoms with Crippen LogP contribution in [0.2, 0.25) is 0 Å². The van der Waals surface area contributed by atoms with Gasteiger partial charge in [0.25, 0.3) is 0 Å². The molecule has 1 heterocycles. The molecule has 1 aliphatic rings. The van der Waals surface area contributed by atoms with Crippen molar-refractivity contribution in [1.82, 2.24) is 10.2 Å². The number of hydrogen-bond donors (Lipinski definition) is 1. The van der Waals surface area contributed by atoms with Crippen molar-refractivity contribution >= 4 is 11.6 Å². The van der Waals surface area contributed by atoms with E-state index < -0.39 is 0 Å². The first-order valence-corrected chi connectivity index (χ1v) is 9.05. The summed E-state index contributed by atoms with van der Waals surface area (Å²) in [4.78, 5) is 16.2. The molecule has 1 N–H and O–H groups in total. The number of nitrogens with zero attached hydrogens (tertiary/aromatic N) is 3. The summed E-state index contributed by atoms with van der Waals surface area (Å²) in [5, 5.41) is 11.8. The fourth-order valence-electron chi connectivity index (χ4n) is 3.24. The van der Waals surface area contributed by atoms with Crippen molar-refractivity contribution in [3.05, 3.63) is 65.0 Å². The molecule has 0 aliphatic carbocycles. The molecule has 1 fully saturated rings. The summed E-state index contributed by atoms with van der Waals surface area (Å²) in [6, 6.07) is 14.5. The van der Waals surface area contributed by atoms with Gasteiger partial charge in [0.1, 0.15) is 5.82 Å². The van der Waals surface area contributed by atoms with Gasteiger partial charge in [-0.15, -0.1) is 0 Å². The number of carbonyl (C=O) groups is 1. The average Bonchev–Trinajstić information content (AvgIpc) is 2.68. The first-order chi connectivity index (χ1) is 13.1. The highest BCUT2D eigenvalue weighted by atomic mass is 19.1. The van der Waals surface area contributed by atoms with Crippen molar-refractivity contribution in [1.29, 1.82) is 5.26 Å². The van der Waals surface area contributed by atoms with E-state index in [1.807, 2.05) is 42.2 Å². The summed E-state index contributed by atoms with van der Waals surface area (Å²) >= 11 is 0. The van der Waals surface area contributed by atoms with Gasteiger partial charge in [0.05, 0.1) is 23.9 Å². The molecule has 0 saturated carbocycles. The van der Waals surface area contributed by atoms with Crippen molar-refractivity contribution in [3.8, 4) is 6.07 Å². The van der Waals surface area contributed by atoms with Crippen LogP contribution in [-0.4, -0.2) is 43.5 Å². The third kappa shape index (κ3) is 4.83. The van der Waals surface area contributed by atoms with Crippen LogP contribution >= 0.6 is 0 Å². The van der Waals surface area contributed by atoms with Crippen LogP contribution in [0, 0.1) is 24.1 Å². The third-order valence-corrected chi connectivity index (χ3v) is 4.89. The summed E-state index contributed by atoms with van der Waals surface area (Å²) < 4.78 is 14.2. The van der Waals surface area contributed by atoms with E-state index in [0.717, 1.165) is 11.1 Å². The standard InChI is InChI=1S/C21H23FN4O/c1-16-4-2-3-5-18(16)14-24-21(27)15-25-8-10-26(11-9-25)20-7-6-17(13-23)12-19(20)22/h2-7,12H,8-11,14-15H2,1H3,(H,24,27). The summed E-state index contributed by atoms with van der Waals surface area (Å²) in [7, 11) is 0. The van der Waals surface area contributed by atoms with E-state index in [0.29, 0.717) is 50.5 Å². The van der Waals surface area contributed by atoms with Gasteiger partial charge < -0.3 is 10.2 Å². The largest absolute Gasteiger partial charge is 0.367 e. The van der Waals surface area contributed by atoms with Gasteiger partial charge in [-0.1, -0.05) is 24.3 Å². The van der Waals surface area contributed by atoms with E-state index in [-0.39, 0.29) is 11.7 Å². The Hall–Kier alpha value is -2.91. The Kier molecular flexibility index (Phi) is 6.05. The molecule has 1 aliphatic heterocycles. The predicted octanol–water partition coefficient (Wildman–Crippen LogP) is 2.44. The second kappa shape index (κ2) is 8.65. The molecular weight excluding hydrogens is 343 g/mol. The molecule has 0 bridgehead atoms. The van der Waals surface area contributed by atoms with Gasteiger partial charge in [0.15, 0.2) is 0 Å². The third-order valence-electron chi connectivity index (χ3n) is 4.89. The predicted molar refractivity (Wildman–Crippen MR) is 103 cm³/mol. The molecule has 3 rings (SSSR count). The van der Waals surface area contributed by atoms with Crippen molar-refractivity contribution in [2.24, 2.45) is 0 Å². The number of benzene rings is 2. The van der Waals surface area contributed by atoms with Gasteiger partial charge in [-0.3, -0.25) is 9.69 Å². The Bertz CT molecular complexity index is 854. The Morgan fingerprint density at radius 2 is 1.93 bits per heavy atom. The summed E-state index contributed by atoms with van der Waals surface area (Å²) in [5.41, 5.74) is 3.11. The number of aryl methyl sites for hydroxylation is 1.